The fourth-order valence-electron chi connectivity index (χ4n) is 2.97. The van der Waals surface area contributed by atoms with E-state index >= 15 is 0 Å². The molecule has 0 aromatic carbocycles. The van der Waals surface area contributed by atoms with Crippen LogP contribution in [0.2, 0.25) is 0 Å². The number of hydrogen-bond acceptors (Lipinski definition) is 5. The highest BCUT2D eigenvalue weighted by molar-refractivity contribution is 7.14. The van der Waals surface area contributed by atoms with Crippen molar-refractivity contribution < 1.29 is 4.42 Å². The molecule has 2 N–H and O–H groups in total. The van der Waals surface area contributed by atoms with Crippen molar-refractivity contribution in [2.24, 2.45) is 10.7 Å². The summed E-state index contributed by atoms with van der Waals surface area (Å²) in [5.41, 5.74) is 8.64. The van der Waals surface area contributed by atoms with Crippen LogP contribution in [0.15, 0.2) is 27.8 Å². The van der Waals surface area contributed by atoms with Gasteiger partial charge >= 0.3 is 0 Å². The molecule has 118 valence electrons. The predicted octanol–water partition coefficient (Wildman–Crippen LogP) is 3.71. The molecule has 5 heteroatoms. The first kappa shape index (κ1) is 15.3. The molecule has 0 saturated carbocycles. The van der Waals surface area contributed by atoms with Crippen LogP contribution in [0.3, 0.4) is 0 Å². The van der Waals surface area contributed by atoms with Gasteiger partial charge in [-0.3, -0.25) is 4.99 Å². The van der Waals surface area contributed by atoms with E-state index in [1.54, 1.807) is 6.26 Å². The van der Waals surface area contributed by atoms with Crippen LogP contribution in [-0.2, 0) is 13.0 Å². The Bertz CT molecular complexity index is 658. The van der Waals surface area contributed by atoms with Crippen molar-refractivity contribution in [3.63, 3.8) is 0 Å². The average molecular weight is 317 g/mol. The van der Waals surface area contributed by atoms with Gasteiger partial charge in [0.25, 0.3) is 0 Å². The Kier molecular flexibility index (Phi) is 4.36. The molecule has 0 bridgehead atoms. The van der Waals surface area contributed by atoms with Gasteiger partial charge in [-0.25, -0.2) is 0 Å². The Morgan fingerprint density at radius 1 is 1.50 bits per heavy atom. The van der Waals surface area contributed by atoms with Crippen LogP contribution >= 0.6 is 11.3 Å². The average Bonchev–Trinajstić information content (AvgIpc) is 3.08. The largest absolute Gasteiger partial charge is 0.467 e. The fraction of sp³-hybridized carbons (Fsp3) is 0.471. The Balaban J connectivity index is 1.98. The van der Waals surface area contributed by atoms with E-state index in [1.165, 1.54) is 21.0 Å². The van der Waals surface area contributed by atoms with Gasteiger partial charge in [0, 0.05) is 17.1 Å². The summed E-state index contributed by atoms with van der Waals surface area (Å²) in [6.45, 7) is 7.19. The lowest BCUT2D eigenvalue weighted by Crippen LogP contribution is -2.36. The molecule has 1 aliphatic rings. The molecule has 0 saturated heterocycles. The first-order valence-electron chi connectivity index (χ1n) is 7.80. The molecule has 1 aliphatic heterocycles. The quantitative estimate of drug-likeness (QED) is 0.914. The highest BCUT2D eigenvalue weighted by Crippen LogP contribution is 2.39. The topological polar surface area (TPSA) is 54.8 Å². The van der Waals surface area contributed by atoms with Crippen LogP contribution in [0, 0.1) is 6.92 Å². The van der Waals surface area contributed by atoms with Crippen LogP contribution in [0.1, 0.15) is 41.3 Å². The number of hydrogen-bond donors (Lipinski definition) is 1. The summed E-state index contributed by atoms with van der Waals surface area (Å²) in [5, 5.41) is 0. The van der Waals surface area contributed by atoms with E-state index in [4.69, 9.17) is 15.1 Å². The summed E-state index contributed by atoms with van der Waals surface area (Å²) in [4.78, 5) is 9.70. The Morgan fingerprint density at radius 3 is 2.95 bits per heavy atom. The van der Waals surface area contributed by atoms with Gasteiger partial charge in [0.1, 0.15) is 11.9 Å². The number of anilines is 1. The maximum absolute atomic E-state index is 5.99. The van der Waals surface area contributed by atoms with Gasteiger partial charge in [-0.2, -0.15) is 0 Å². The number of nitrogens with two attached hydrogens (primary N) is 1. The molecular weight excluding hydrogens is 294 g/mol. The van der Waals surface area contributed by atoms with Crippen LogP contribution in [0.25, 0.3) is 0 Å². The second-order valence-corrected chi connectivity index (χ2v) is 7.06. The summed E-state index contributed by atoms with van der Waals surface area (Å²) in [6.07, 6.45) is 5.84. The molecule has 2 aromatic heterocycles. The van der Waals surface area contributed by atoms with Gasteiger partial charge in [-0.15, -0.1) is 11.3 Å². The smallest absolute Gasteiger partial charge is 0.123 e. The number of fused-ring (bicyclic) bond motifs is 1. The van der Waals surface area contributed by atoms with E-state index < -0.39 is 0 Å². The van der Waals surface area contributed by atoms with Crippen LogP contribution in [0.5, 0.6) is 0 Å². The zero-order valence-corrected chi connectivity index (χ0v) is 14.2. The van der Waals surface area contributed by atoms with Crippen LogP contribution in [0.4, 0.5) is 5.69 Å². The molecule has 0 radical (unpaired) electrons. The zero-order valence-electron chi connectivity index (χ0n) is 13.4. The standard InChI is InChI=1S/C17H23N3OS/c1-4-16-19-9-15-17(12(3)14(22-15)8-11(2)18)20(16)10-13-6-5-7-21-13/h5-7,9,11,16H,4,8,10,18H2,1-3H3/t11-,16?/m0/s1. The molecule has 0 fully saturated rings. The van der Waals surface area contributed by atoms with Crippen molar-refractivity contribution in [1.82, 2.24) is 0 Å². The second kappa shape index (κ2) is 6.26. The first-order valence-corrected chi connectivity index (χ1v) is 8.61. The van der Waals surface area contributed by atoms with Crippen molar-refractivity contribution in [3.8, 4) is 0 Å². The molecule has 3 heterocycles. The maximum Gasteiger partial charge on any atom is 0.123 e. The van der Waals surface area contributed by atoms with E-state index in [1.807, 2.05) is 29.7 Å². The maximum atomic E-state index is 5.99. The lowest BCUT2D eigenvalue weighted by molar-refractivity contribution is 0.480. The van der Waals surface area contributed by atoms with Crippen molar-refractivity contribution in [1.29, 1.82) is 0 Å². The molecule has 0 amide bonds. The predicted molar refractivity (Wildman–Crippen MR) is 93.0 cm³/mol. The molecule has 2 aromatic rings. The summed E-state index contributed by atoms with van der Waals surface area (Å²) in [7, 11) is 0. The molecular formula is C17H23N3OS. The lowest BCUT2D eigenvalue weighted by Gasteiger charge is -2.33. The molecule has 22 heavy (non-hydrogen) atoms. The fourth-order valence-corrected chi connectivity index (χ4v) is 4.31. The number of aliphatic imine (C=N–C) groups is 1. The van der Waals surface area contributed by atoms with Gasteiger partial charge in [0.2, 0.25) is 0 Å². The number of thiophene rings is 1. The van der Waals surface area contributed by atoms with Crippen LogP contribution < -0.4 is 10.6 Å². The third-order valence-electron chi connectivity index (χ3n) is 4.03. The van der Waals surface area contributed by atoms with E-state index in [9.17, 15) is 0 Å². The van der Waals surface area contributed by atoms with Crippen molar-refractivity contribution in [2.75, 3.05) is 4.90 Å². The summed E-state index contributed by atoms with van der Waals surface area (Å²) < 4.78 is 5.55. The molecule has 1 unspecified atom stereocenters. The third kappa shape index (κ3) is 2.83. The van der Waals surface area contributed by atoms with E-state index in [2.05, 4.69) is 25.7 Å². The number of furan rings is 1. The lowest BCUT2D eigenvalue weighted by atomic mass is 10.1. The normalized spacial score (nSPS) is 18.5. The Hall–Kier alpha value is -1.59. The zero-order chi connectivity index (χ0) is 15.7. The summed E-state index contributed by atoms with van der Waals surface area (Å²) in [6, 6.07) is 4.14. The van der Waals surface area contributed by atoms with Gasteiger partial charge in [0.15, 0.2) is 0 Å². The second-order valence-electron chi connectivity index (χ2n) is 5.92. The molecule has 4 nitrogen and oxygen atoms in total. The van der Waals surface area contributed by atoms with Crippen LogP contribution in [-0.4, -0.2) is 18.4 Å². The van der Waals surface area contributed by atoms with Crippen molar-refractivity contribution in [2.45, 2.75) is 52.4 Å². The highest BCUT2D eigenvalue weighted by Gasteiger charge is 2.28. The minimum absolute atomic E-state index is 0.175. The van der Waals surface area contributed by atoms with Crippen molar-refractivity contribution in [3.05, 3.63) is 39.5 Å². The van der Waals surface area contributed by atoms with Gasteiger partial charge in [0.05, 0.1) is 23.4 Å². The van der Waals surface area contributed by atoms with Gasteiger partial charge in [-0.1, -0.05) is 6.92 Å². The summed E-state index contributed by atoms with van der Waals surface area (Å²) in [5.74, 6) is 0.973. The molecule has 2 atom stereocenters. The Morgan fingerprint density at radius 2 is 2.32 bits per heavy atom. The monoisotopic (exact) mass is 317 g/mol. The number of nitrogens with zero attached hydrogens (tertiary/aromatic N) is 2. The molecule has 3 rings (SSSR count). The van der Waals surface area contributed by atoms with E-state index in [-0.39, 0.29) is 12.2 Å². The molecule has 0 spiro atoms. The first-order chi connectivity index (χ1) is 10.6. The minimum Gasteiger partial charge on any atom is -0.467 e. The van der Waals surface area contributed by atoms with Crippen molar-refractivity contribution >= 4 is 23.2 Å². The molecule has 0 aliphatic carbocycles. The minimum atomic E-state index is 0.175. The number of rotatable bonds is 5. The summed E-state index contributed by atoms with van der Waals surface area (Å²) >= 11 is 1.82. The SMILES string of the molecule is CCC1N=Cc2sc(C[C@H](C)N)c(C)c2N1Cc1ccco1. The Labute approximate surface area is 135 Å². The van der Waals surface area contributed by atoms with Gasteiger partial charge < -0.3 is 15.1 Å². The van der Waals surface area contributed by atoms with E-state index in [0.717, 1.165) is 25.1 Å². The van der Waals surface area contributed by atoms with Gasteiger partial charge in [-0.05, 0) is 44.4 Å². The highest BCUT2D eigenvalue weighted by atomic mass is 32.1. The third-order valence-corrected chi connectivity index (χ3v) is 5.27. The van der Waals surface area contributed by atoms with E-state index in [0.29, 0.717) is 0 Å².